The van der Waals surface area contributed by atoms with Crippen LogP contribution in [0.2, 0.25) is 5.02 Å². The fourth-order valence-corrected chi connectivity index (χ4v) is 2.11. The van der Waals surface area contributed by atoms with E-state index in [1.807, 2.05) is 35.0 Å². The molecule has 0 aliphatic carbocycles. The predicted molar refractivity (Wildman–Crippen MR) is 77.4 cm³/mol. The summed E-state index contributed by atoms with van der Waals surface area (Å²) >= 11 is 16.6. The molecule has 0 saturated heterocycles. The molecule has 0 aliphatic rings. The van der Waals surface area contributed by atoms with Crippen molar-refractivity contribution in [2.45, 2.75) is 10.8 Å². The van der Waals surface area contributed by atoms with E-state index in [0.717, 1.165) is 5.56 Å². The van der Waals surface area contributed by atoms with Gasteiger partial charge in [0.15, 0.2) is 0 Å². The number of alkyl halides is 1. The van der Waals surface area contributed by atoms with Gasteiger partial charge in [0.25, 0.3) is 0 Å². The average molecular weight is 297 g/mol. The SMILES string of the molecule is SC(c1ccc(Cl)cc1)C(Cl)n1ccnc1.[NaH]. The van der Waals surface area contributed by atoms with Crippen LogP contribution in [-0.2, 0) is 0 Å². The molecule has 2 nitrogen and oxygen atoms in total. The second-order valence-electron chi connectivity index (χ2n) is 3.38. The zero-order chi connectivity index (χ0) is 11.5. The molecule has 1 aromatic carbocycles. The van der Waals surface area contributed by atoms with E-state index in [1.165, 1.54) is 0 Å². The summed E-state index contributed by atoms with van der Waals surface area (Å²) < 4.78 is 1.81. The Kier molecular flexibility index (Phi) is 6.41. The van der Waals surface area contributed by atoms with E-state index in [4.69, 9.17) is 23.2 Å². The van der Waals surface area contributed by atoms with Gasteiger partial charge in [-0.05, 0) is 17.7 Å². The number of halogens is 2. The summed E-state index contributed by atoms with van der Waals surface area (Å²) in [4.78, 5) is 3.96. The van der Waals surface area contributed by atoms with Crippen molar-refractivity contribution in [3.05, 3.63) is 53.6 Å². The minimum absolute atomic E-state index is 0. The van der Waals surface area contributed by atoms with Crippen LogP contribution in [0, 0.1) is 0 Å². The third-order valence-electron chi connectivity index (χ3n) is 2.28. The number of aromatic nitrogens is 2. The first-order chi connectivity index (χ1) is 7.68. The summed E-state index contributed by atoms with van der Waals surface area (Å²) in [5, 5.41) is 0.603. The monoisotopic (exact) mass is 296 g/mol. The molecule has 2 aromatic rings. The van der Waals surface area contributed by atoms with Gasteiger partial charge in [0.1, 0.15) is 5.50 Å². The van der Waals surface area contributed by atoms with Crippen LogP contribution in [0.25, 0.3) is 0 Å². The van der Waals surface area contributed by atoms with E-state index in [0.29, 0.717) is 5.02 Å². The van der Waals surface area contributed by atoms with E-state index in [-0.39, 0.29) is 40.3 Å². The van der Waals surface area contributed by atoms with Crippen LogP contribution in [0.15, 0.2) is 43.0 Å². The quantitative estimate of drug-likeness (QED) is 0.523. The summed E-state index contributed by atoms with van der Waals surface area (Å²) in [6.45, 7) is 0. The number of rotatable bonds is 3. The molecular formula is C11H11Cl2N2NaS. The van der Waals surface area contributed by atoms with Crippen molar-refractivity contribution in [2.75, 3.05) is 0 Å². The predicted octanol–water partition coefficient (Wildman–Crippen LogP) is 3.30. The Morgan fingerprint density at radius 2 is 1.88 bits per heavy atom. The molecule has 1 heterocycles. The van der Waals surface area contributed by atoms with Crippen LogP contribution in [-0.4, -0.2) is 39.1 Å². The molecule has 0 spiro atoms. The summed E-state index contributed by atoms with van der Waals surface area (Å²) in [7, 11) is 0. The summed E-state index contributed by atoms with van der Waals surface area (Å²) in [5.74, 6) is 0. The van der Waals surface area contributed by atoms with Crippen LogP contribution >= 0.6 is 35.8 Å². The average Bonchev–Trinajstić information content (AvgIpc) is 2.81. The van der Waals surface area contributed by atoms with Gasteiger partial charge in [-0.3, -0.25) is 0 Å². The molecule has 2 unspecified atom stereocenters. The summed E-state index contributed by atoms with van der Waals surface area (Å²) in [6, 6.07) is 7.51. The molecule has 0 radical (unpaired) electrons. The first-order valence-corrected chi connectivity index (χ1v) is 6.06. The Balaban J connectivity index is 0.00000144. The van der Waals surface area contributed by atoms with Gasteiger partial charge in [0.2, 0.25) is 0 Å². The van der Waals surface area contributed by atoms with E-state index in [2.05, 4.69) is 17.6 Å². The van der Waals surface area contributed by atoms with Crippen molar-refractivity contribution < 1.29 is 0 Å². The number of benzene rings is 1. The normalized spacial score (nSPS) is 13.8. The molecule has 0 fully saturated rings. The molecule has 6 heteroatoms. The second-order valence-corrected chi connectivity index (χ2v) is 4.82. The number of nitrogens with zero attached hydrogens (tertiary/aromatic N) is 2. The summed E-state index contributed by atoms with van der Waals surface area (Å²) in [6.07, 6.45) is 5.19. The Hall–Kier alpha value is 0.360. The molecule has 0 N–H and O–H groups in total. The van der Waals surface area contributed by atoms with Crippen LogP contribution in [0.1, 0.15) is 16.3 Å². The van der Waals surface area contributed by atoms with Crippen molar-refractivity contribution in [2.24, 2.45) is 0 Å². The Bertz CT molecular complexity index is 447. The zero-order valence-corrected chi connectivity index (χ0v) is 10.7. The molecule has 1 aromatic heterocycles. The van der Waals surface area contributed by atoms with Crippen molar-refractivity contribution in [3.63, 3.8) is 0 Å². The van der Waals surface area contributed by atoms with Crippen molar-refractivity contribution in [3.8, 4) is 0 Å². The van der Waals surface area contributed by atoms with Gasteiger partial charge < -0.3 is 4.57 Å². The van der Waals surface area contributed by atoms with Crippen molar-refractivity contribution in [1.29, 1.82) is 0 Å². The van der Waals surface area contributed by atoms with Gasteiger partial charge in [-0.1, -0.05) is 35.3 Å². The van der Waals surface area contributed by atoms with Gasteiger partial charge in [-0.15, -0.1) is 0 Å². The van der Waals surface area contributed by atoms with Crippen molar-refractivity contribution >= 4 is 65.4 Å². The van der Waals surface area contributed by atoms with E-state index >= 15 is 0 Å². The van der Waals surface area contributed by atoms with Crippen LogP contribution in [0.5, 0.6) is 0 Å². The summed E-state index contributed by atoms with van der Waals surface area (Å²) in [5.41, 5.74) is 0.758. The number of imidazole rings is 1. The first-order valence-electron chi connectivity index (χ1n) is 4.73. The topological polar surface area (TPSA) is 17.8 Å². The number of hydrogen-bond donors (Lipinski definition) is 1. The minimum atomic E-state index is -0.271. The number of thiol groups is 1. The van der Waals surface area contributed by atoms with Gasteiger partial charge in [-0.25, -0.2) is 4.98 Å². The second kappa shape index (κ2) is 7.07. The molecule has 0 amide bonds. The van der Waals surface area contributed by atoms with Crippen LogP contribution in [0.4, 0.5) is 0 Å². The van der Waals surface area contributed by atoms with E-state index in [1.54, 1.807) is 12.5 Å². The molecule has 2 rings (SSSR count). The van der Waals surface area contributed by atoms with Crippen LogP contribution in [0.3, 0.4) is 0 Å². The van der Waals surface area contributed by atoms with Gasteiger partial charge in [-0.2, -0.15) is 12.6 Å². The maximum atomic E-state index is 6.29. The maximum absolute atomic E-state index is 6.29. The Labute approximate surface area is 138 Å². The molecule has 0 aliphatic heterocycles. The van der Waals surface area contributed by atoms with Gasteiger partial charge >= 0.3 is 29.6 Å². The van der Waals surface area contributed by atoms with E-state index in [9.17, 15) is 0 Å². The van der Waals surface area contributed by atoms with Crippen LogP contribution < -0.4 is 0 Å². The van der Waals surface area contributed by atoms with Gasteiger partial charge in [0.05, 0.1) is 11.6 Å². The first kappa shape index (κ1) is 15.4. The number of hydrogen-bond acceptors (Lipinski definition) is 2. The third kappa shape index (κ3) is 3.91. The zero-order valence-electron chi connectivity index (χ0n) is 8.29. The molecule has 17 heavy (non-hydrogen) atoms. The Morgan fingerprint density at radius 3 is 2.41 bits per heavy atom. The molecule has 86 valence electrons. The molecule has 0 saturated carbocycles. The van der Waals surface area contributed by atoms with Gasteiger partial charge in [0, 0.05) is 17.4 Å². The van der Waals surface area contributed by atoms with Crippen molar-refractivity contribution in [1.82, 2.24) is 9.55 Å². The standard InChI is InChI=1S/C11H10Cl2N2S.Na.H/c12-9-3-1-8(2-4-9)10(16)11(13)15-6-5-14-7-15;;/h1-7,10-11,16H;;. The third-order valence-corrected chi connectivity index (χ3v) is 3.77. The fraction of sp³-hybridized carbons (Fsp3) is 0.182. The van der Waals surface area contributed by atoms with E-state index < -0.39 is 0 Å². The Morgan fingerprint density at radius 1 is 1.24 bits per heavy atom. The fourth-order valence-electron chi connectivity index (χ4n) is 1.40. The molecule has 0 bridgehead atoms. The molecule has 2 atom stereocenters. The molecular weight excluding hydrogens is 286 g/mol.